The lowest BCUT2D eigenvalue weighted by Gasteiger charge is -2.12. The van der Waals surface area contributed by atoms with E-state index in [0.29, 0.717) is 53.8 Å². The minimum Gasteiger partial charge on any atom is -0.493 e. The zero-order valence-corrected chi connectivity index (χ0v) is 17.5. The Morgan fingerprint density at radius 3 is 2.40 bits per heavy atom. The Hall–Kier alpha value is -3.55. The molecule has 1 N–H and O–H groups in total. The molecule has 8 heteroatoms. The van der Waals surface area contributed by atoms with E-state index in [1.807, 2.05) is 31.2 Å². The van der Waals surface area contributed by atoms with Crippen molar-refractivity contribution in [2.75, 3.05) is 26.6 Å². The van der Waals surface area contributed by atoms with Crippen molar-refractivity contribution in [2.45, 2.75) is 26.2 Å². The molecule has 3 rings (SSSR count). The van der Waals surface area contributed by atoms with Crippen molar-refractivity contribution >= 4 is 11.6 Å². The maximum Gasteiger partial charge on any atom is 0.226 e. The summed E-state index contributed by atoms with van der Waals surface area (Å²) >= 11 is 0. The van der Waals surface area contributed by atoms with E-state index in [-0.39, 0.29) is 5.91 Å². The first-order valence-electron chi connectivity index (χ1n) is 9.54. The van der Waals surface area contributed by atoms with Gasteiger partial charge in [0.05, 0.1) is 21.3 Å². The number of aromatic nitrogens is 2. The number of aryl methyl sites for hydroxylation is 2. The number of ether oxygens (including phenoxy) is 3. The van der Waals surface area contributed by atoms with E-state index in [1.54, 1.807) is 33.5 Å². The van der Waals surface area contributed by atoms with Crippen LogP contribution in [0.15, 0.2) is 40.9 Å². The molecule has 0 aliphatic rings. The Kier molecular flexibility index (Phi) is 6.90. The molecule has 0 aliphatic carbocycles. The van der Waals surface area contributed by atoms with Crippen molar-refractivity contribution < 1.29 is 23.5 Å². The fourth-order valence-corrected chi connectivity index (χ4v) is 3.01. The first-order valence-corrected chi connectivity index (χ1v) is 9.54. The van der Waals surface area contributed by atoms with E-state index in [2.05, 4.69) is 15.5 Å². The molecule has 0 fully saturated rings. The second-order valence-electron chi connectivity index (χ2n) is 6.64. The van der Waals surface area contributed by atoms with Crippen LogP contribution in [-0.2, 0) is 11.2 Å². The second-order valence-corrected chi connectivity index (χ2v) is 6.64. The van der Waals surface area contributed by atoms with Gasteiger partial charge in [-0.3, -0.25) is 4.79 Å². The van der Waals surface area contributed by atoms with Crippen LogP contribution in [0.3, 0.4) is 0 Å². The summed E-state index contributed by atoms with van der Waals surface area (Å²) in [5.41, 5.74) is 2.53. The molecular formula is C22H25N3O5. The predicted octanol–water partition coefficient (Wildman–Crippen LogP) is 4.03. The zero-order chi connectivity index (χ0) is 21.5. The lowest BCUT2D eigenvalue weighted by atomic mass is 10.1. The molecule has 1 aromatic heterocycles. The van der Waals surface area contributed by atoms with Crippen molar-refractivity contribution in [1.29, 1.82) is 0 Å². The summed E-state index contributed by atoms with van der Waals surface area (Å²) in [5, 5.41) is 6.95. The van der Waals surface area contributed by atoms with Gasteiger partial charge in [-0.15, -0.1) is 0 Å². The van der Waals surface area contributed by atoms with Gasteiger partial charge in [-0.1, -0.05) is 23.4 Å². The third kappa shape index (κ3) is 4.89. The number of carbonyl (C=O) groups is 1. The summed E-state index contributed by atoms with van der Waals surface area (Å²) in [6.45, 7) is 1.96. The van der Waals surface area contributed by atoms with Crippen LogP contribution >= 0.6 is 0 Å². The van der Waals surface area contributed by atoms with Crippen LogP contribution in [0.25, 0.3) is 11.4 Å². The maximum atomic E-state index is 12.2. The molecule has 2 aromatic carbocycles. The molecule has 3 aromatic rings. The molecule has 30 heavy (non-hydrogen) atoms. The van der Waals surface area contributed by atoms with Gasteiger partial charge >= 0.3 is 0 Å². The van der Waals surface area contributed by atoms with Crippen molar-refractivity contribution in [3.8, 4) is 28.6 Å². The highest BCUT2D eigenvalue weighted by atomic mass is 16.5. The van der Waals surface area contributed by atoms with Crippen molar-refractivity contribution in [2.24, 2.45) is 0 Å². The average molecular weight is 411 g/mol. The number of hydrogen-bond acceptors (Lipinski definition) is 7. The van der Waals surface area contributed by atoms with Gasteiger partial charge in [0.2, 0.25) is 23.4 Å². The van der Waals surface area contributed by atoms with Crippen LogP contribution in [0.1, 0.15) is 24.3 Å². The third-order valence-corrected chi connectivity index (χ3v) is 4.60. The lowest BCUT2D eigenvalue weighted by Crippen LogP contribution is -2.12. The highest BCUT2D eigenvalue weighted by Crippen LogP contribution is 2.40. The molecule has 0 bridgehead atoms. The van der Waals surface area contributed by atoms with Crippen molar-refractivity contribution in [3.63, 3.8) is 0 Å². The summed E-state index contributed by atoms with van der Waals surface area (Å²) < 4.78 is 21.4. The molecule has 0 unspecified atom stereocenters. The van der Waals surface area contributed by atoms with Gasteiger partial charge < -0.3 is 24.1 Å². The Morgan fingerprint density at radius 2 is 1.77 bits per heavy atom. The largest absolute Gasteiger partial charge is 0.493 e. The maximum absolute atomic E-state index is 12.2. The Labute approximate surface area is 175 Å². The highest BCUT2D eigenvalue weighted by Gasteiger charge is 2.17. The van der Waals surface area contributed by atoms with Gasteiger partial charge in [-0.05, 0) is 37.1 Å². The van der Waals surface area contributed by atoms with Crippen molar-refractivity contribution in [3.05, 3.63) is 47.9 Å². The van der Waals surface area contributed by atoms with E-state index in [0.717, 1.165) is 11.3 Å². The number of amides is 1. The number of methoxy groups -OCH3 is 3. The van der Waals surface area contributed by atoms with Crippen LogP contribution in [0.4, 0.5) is 5.69 Å². The van der Waals surface area contributed by atoms with E-state index in [9.17, 15) is 4.79 Å². The number of rotatable bonds is 9. The fraction of sp³-hybridized carbons (Fsp3) is 0.318. The van der Waals surface area contributed by atoms with Crippen LogP contribution in [0.5, 0.6) is 17.2 Å². The summed E-state index contributed by atoms with van der Waals surface area (Å²) in [6, 6.07) is 11.2. The number of hydrogen-bond donors (Lipinski definition) is 1. The van der Waals surface area contributed by atoms with E-state index in [4.69, 9.17) is 18.7 Å². The topological polar surface area (TPSA) is 95.7 Å². The number of anilines is 1. The molecule has 0 spiro atoms. The fourth-order valence-electron chi connectivity index (χ4n) is 3.01. The number of benzene rings is 2. The van der Waals surface area contributed by atoms with E-state index >= 15 is 0 Å². The summed E-state index contributed by atoms with van der Waals surface area (Å²) in [5.74, 6) is 2.33. The zero-order valence-electron chi connectivity index (χ0n) is 17.5. The first-order chi connectivity index (χ1) is 14.5. The van der Waals surface area contributed by atoms with Gasteiger partial charge in [0, 0.05) is 24.1 Å². The standard InChI is InChI=1S/C22H25N3O5/c1-14-8-5-6-9-16(14)23-19(26)10-7-11-20-24-22(25-30-20)15-12-17(27-2)21(29-4)18(13-15)28-3/h5-6,8-9,12-13H,7,10-11H2,1-4H3,(H,23,26). The van der Waals surface area contributed by atoms with Crippen LogP contribution in [-0.4, -0.2) is 37.4 Å². The number of nitrogens with one attached hydrogen (secondary N) is 1. The molecular weight excluding hydrogens is 386 g/mol. The molecule has 0 saturated carbocycles. The normalized spacial score (nSPS) is 10.5. The molecule has 8 nitrogen and oxygen atoms in total. The molecule has 0 aliphatic heterocycles. The summed E-state index contributed by atoms with van der Waals surface area (Å²) in [4.78, 5) is 16.6. The summed E-state index contributed by atoms with van der Waals surface area (Å²) in [6.07, 6.45) is 1.45. The van der Waals surface area contributed by atoms with Gasteiger partial charge in [0.15, 0.2) is 11.5 Å². The van der Waals surface area contributed by atoms with Gasteiger partial charge in [-0.25, -0.2) is 0 Å². The SMILES string of the molecule is COc1cc(-c2noc(CCCC(=O)Nc3ccccc3C)n2)cc(OC)c1OC. The molecule has 0 saturated heterocycles. The number of nitrogens with zero attached hydrogens (tertiary/aromatic N) is 2. The van der Waals surface area contributed by atoms with Gasteiger partial charge in [-0.2, -0.15) is 4.98 Å². The van der Waals surface area contributed by atoms with Gasteiger partial charge in [0.1, 0.15) is 0 Å². The van der Waals surface area contributed by atoms with E-state index in [1.165, 1.54) is 0 Å². The molecule has 1 amide bonds. The third-order valence-electron chi connectivity index (χ3n) is 4.60. The van der Waals surface area contributed by atoms with Crippen LogP contribution in [0.2, 0.25) is 0 Å². The second kappa shape index (κ2) is 9.78. The van der Waals surface area contributed by atoms with Crippen LogP contribution in [0, 0.1) is 6.92 Å². The monoisotopic (exact) mass is 411 g/mol. The predicted molar refractivity (Wildman–Crippen MR) is 112 cm³/mol. The van der Waals surface area contributed by atoms with Crippen LogP contribution < -0.4 is 19.5 Å². The molecule has 1 heterocycles. The average Bonchev–Trinajstić information content (AvgIpc) is 3.23. The Balaban J connectivity index is 1.61. The molecule has 158 valence electrons. The summed E-state index contributed by atoms with van der Waals surface area (Å²) in [7, 11) is 4.64. The molecule has 0 atom stereocenters. The highest BCUT2D eigenvalue weighted by molar-refractivity contribution is 5.91. The quantitative estimate of drug-likeness (QED) is 0.568. The Morgan fingerprint density at radius 1 is 1.07 bits per heavy atom. The minimum absolute atomic E-state index is 0.0475. The minimum atomic E-state index is -0.0475. The van der Waals surface area contributed by atoms with E-state index < -0.39 is 0 Å². The smallest absolute Gasteiger partial charge is 0.226 e. The number of carbonyl (C=O) groups excluding carboxylic acids is 1. The Bertz CT molecular complexity index is 991. The molecule has 0 radical (unpaired) electrons. The number of para-hydroxylation sites is 1. The first kappa shape index (κ1) is 21.2. The van der Waals surface area contributed by atoms with Crippen molar-refractivity contribution in [1.82, 2.24) is 10.1 Å². The lowest BCUT2D eigenvalue weighted by molar-refractivity contribution is -0.116. The van der Waals surface area contributed by atoms with Gasteiger partial charge in [0.25, 0.3) is 0 Å².